The molecule has 4 nitrogen and oxygen atoms in total. The van der Waals surface area contributed by atoms with Gasteiger partial charge in [-0.3, -0.25) is 9.59 Å². The molecular formula is C13H19NO3S2. The molecular weight excluding hydrogens is 282 g/mol. The van der Waals surface area contributed by atoms with Crippen molar-refractivity contribution in [3.63, 3.8) is 0 Å². The third-order valence-electron chi connectivity index (χ3n) is 2.57. The van der Waals surface area contributed by atoms with Crippen molar-refractivity contribution in [3.8, 4) is 0 Å². The Kier molecular flexibility index (Phi) is 6.94. The molecule has 1 atom stereocenters. The predicted octanol–water partition coefficient (Wildman–Crippen LogP) is 2.39. The molecule has 0 bridgehead atoms. The van der Waals surface area contributed by atoms with Gasteiger partial charge in [-0.05, 0) is 11.4 Å². The van der Waals surface area contributed by atoms with Crippen LogP contribution in [0.15, 0.2) is 17.5 Å². The highest BCUT2D eigenvalue weighted by Crippen LogP contribution is 2.16. The number of carbonyl (C=O) groups is 2. The topological polar surface area (TPSA) is 46.6 Å². The molecule has 1 amide bonds. The Bertz CT molecular complexity index is 406. The Hall–Kier alpha value is -1.01. The summed E-state index contributed by atoms with van der Waals surface area (Å²) in [6.07, 6.45) is 0.336. The maximum atomic E-state index is 11.9. The highest BCUT2D eigenvalue weighted by atomic mass is 32.2. The van der Waals surface area contributed by atoms with Gasteiger partial charge in [0.05, 0.1) is 25.8 Å². The molecule has 0 spiro atoms. The Morgan fingerprint density at radius 1 is 1.53 bits per heavy atom. The molecule has 6 heteroatoms. The number of nitrogens with zero attached hydrogens (tertiary/aromatic N) is 1. The smallest absolute Gasteiger partial charge is 0.306 e. The van der Waals surface area contributed by atoms with Gasteiger partial charge in [0, 0.05) is 17.2 Å². The van der Waals surface area contributed by atoms with Crippen LogP contribution in [0.2, 0.25) is 0 Å². The van der Waals surface area contributed by atoms with Gasteiger partial charge in [0.2, 0.25) is 5.91 Å². The van der Waals surface area contributed by atoms with Crippen molar-refractivity contribution < 1.29 is 14.3 Å². The van der Waals surface area contributed by atoms with Crippen LogP contribution in [-0.2, 0) is 20.9 Å². The Morgan fingerprint density at radius 3 is 2.84 bits per heavy atom. The lowest BCUT2D eigenvalue weighted by molar-refractivity contribution is -0.140. The fourth-order valence-electron chi connectivity index (χ4n) is 1.43. The first-order valence-corrected chi connectivity index (χ1v) is 7.90. The molecule has 1 heterocycles. The Morgan fingerprint density at radius 2 is 2.26 bits per heavy atom. The zero-order valence-corrected chi connectivity index (χ0v) is 13.1. The number of esters is 1. The minimum absolute atomic E-state index is 0.0788. The van der Waals surface area contributed by atoms with Crippen LogP contribution in [-0.4, -0.2) is 41.9 Å². The Balaban J connectivity index is 2.28. The highest BCUT2D eigenvalue weighted by molar-refractivity contribution is 8.00. The summed E-state index contributed by atoms with van der Waals surface area (Å²) in [5.41, 5.74) is 0. The molecule has 1 unspecified atom stereocenters. The molecule has 0 saturated heterocycles. The highest BCUT2D eigenvalue weighted by Gasteiger charge is 2.14. The largest absolute Gasteiger partial charge is 0.469 e. The molecule has 0 N–H and O–H groups in total. The number of carbonyl (C=O) groups excluding carboxylic acids is 2. The molecule has 1 rings (SSSR count). The van der Waals surface area contributed by atoms with E-state index in [-0.39, 0.29) is 17.1 Å². The SMILES string of the molecule is COC(=O)CC(C)SCC(=O)N(C)Cc1cccs1. The lowest BCUT2D eigenvalue weighted by Crippen LogP contribution is -2.28. The Labute approximate surface area is 122 Å². The van der Waals surface area contributed by atoms with Crippen LogP contribution in [0.4, 0.5) is 0 Å². The van der Waals surface area contributed by atoms with Crippen molar-refractivity contribution in [2.75, 3.05) is 19.9 Å². The summed E-state index contributed by atoms with van der Waals surface area (Å²) in [7, 11) is 3.17. The first kappa shape index (κ1) is 16.0. The maximum Gasteiger partial charge on any atom is 0.306 e. The van der Waals surface area contributed by atoms with E-state index in [4.69, 9.17) is 0 Å². The van der Waals surface area contributed by atoms with Crippen LogP contribution < -0.4 is 0 Å². The zero-order chi connectivity index (χ0) is 14.3. The van der Waals surface area contributed by atoms with Crippen LogP contribution in [0.25, 0.3) is 0 Å². The average molecular weight is 301 g/mol. The molecule has 19 heavy (non-hydrogen) atoms. The van der Waals surface area contributed by atoms with E-state index in [1.165, 1.54) is 23.7 Å². The van der Waals surface area contributed by atoms with Gasteiger partial charge in [0.1, 0.15) is 0 Å². The summed E-state index contributed by atoms with van der Waals surface area (Å²) in [4.78, 5) is 25.9. The molecule has 1 aromatic heterocycles. The van der Waals surface area contributed by atoms with Crippen LogP contribution in [0.5, 0.6) is 0 Å². The third kappa shape index (κ3) is 6.11. The van der Waals surface area contributed by atoms with Gasteiger partial charge in [0.15, 0.2) is 0 Å². The summed E-state index contributed by atoms with van der Waals surface area (Å²) in [5, 5.41) is 2.09. The summed E-state index contributed by atoms with van der Waals surface area (Å²) in [6, 6.07) is 3.99. The number of thioether (sulfide) groups is 1. The van der Waals surface area contributed by atoms with Crippen molar-refractivity contribution in [1.29, 1.82) is 0 Å². The van der Waals surface area contributed by atoms with Crippen molar-refractivity contribution in [2.24, 2.45) is 0 Å². The minimum Gasteiger partial charge on any atom is -0.469 e. The lowest BCUT2D eigenvalue weighted by Gasteiger charge is -2.17. The van der Waals surface area contributed by atoms with E-state index in [1.54, 1.807) is 23.3 Å². The van der Waals surface area contributed by atoms with E-state index in [1.807, 2.05) is 24.4 Å². The van der Waals surface area contributed by atoms with Crippen LogP contribution in [0, 0.1) is 0 Å². The van der Waals surface area contributed by atoms with E-state index in [9.17, 15) is 9.59 Å². The minimum atomic E-state index is -0.237. The van der Waals surface area contributed by atoms with Gasteiger partial charge in [-0.15, -0.1) is 23.1 Å². The van der Waals surface area contributed by atoms with Gasteiger partial charge in [-0.2, -0.15) is 0 Å². The molecule has 0 aromatic carbocycles. The predicted molar refractivity (Wildman–Crippen MR) is 79.3 cm³/mol. The fraction of sp³-hybridized carbons (Fsp3) is 0.538. The number of amides is 1. The maximum absolute atomic E-state index is 11.9. The number of thiophene rings is 1. The second-order valence-electron chi connectivity index (χ2n) is 4.23. The van der Waals surface area contributed by atoms with Gasteiger partial charge in [-0.1, -0.05) is 13.0 Å². The first-order valence-electron chi connectivity index (χ1n) is 5.97. The van der Waals surface area contributed by atoms with Crippen molar-refractivity contribution in [1.82, 2.24) is 4.90 Å². The van der Waals surface area contributed by atoms with Crippen molar-refractivity contribution in [3.05, 3.63) is 22.4 Å². The lowest BCUT2D eigenvalue weighted by atomic mass is 10.3. The van der Waals surface area contributed by atoms with Crippen molar-refractivity contribution >= 4 is 35.0 Å². The molecule has 0 aliphatic carbocycles. The fourth-order valence-corrected chi connectivity index (χ4v) is 3.08. The number of hydrogen-bond donors (Lipinski definition) is 0. The van der Waals surface area contributed by atoms with E-state index in [2.05, 4.69) is 4.74 Å². The second kappa shape index (κ2) is 8.22. The molecule has 0 saturated carbocycles. The van der Waals surface area contributed by atoms with Crippen LogP contribution in [0.3, 0.4) is 0 Å². The van der Waals surface area contributed by atoms with Gasteiger partial charge >= 0.3 is 5.97 Å². The van der Waals surface area contributed by atoms with E-state index in [0.717, 1.165) is 0 Å². The molecule has 0 fully saturated rings. The van der Waals surface area contributed by atoms with Gasteiger partial charge < -0.3 is 9.64 Å². The quantitative estimate of drug-likeness (QED) is 0.726. The number of methoxy groups -OCH3 is 1. The molecule has 0 aliphatic heterocycles. The van der Waals surface area contributed by atoms with E-state index in [0.29, 0.717) is 18.7 Å². The number of ether oxygens (including phenoxy) is 1. The number of hydrogen-bond acceptors (Lipinski definition) is 5. The third-order valence-corrected chi connectivity index (χ3v) is 4.58. The molecule has 0 aliphatic rings. The number of rotatable bonds is 7. The zero-order valence-electron chi connectivity index (χ0n) is 11.4. The summed E-state index contributed by atoms with van der Waals surface area (Å²) in [5.74, 6) is 0.231. The summed E-state index contributed by atoms with van der Waals surface area (Å²) in [6.45, 7) is 2.57. The van der Waals surface area contributed by atoms with Crippen LogP contribution in [0.1, 0.15) is 18.2 Å². The first-order chi connectivity index (χ1) is 9.02. The van der Waals surface area contributed by atoms with Gasteiger partial charge in [-0.25, -0.2) is 0 Å². The molecule has 106 valence electrons. The normalized spacial score (nSPS) is 11.9. The monoisotopic (exact) mass is 301 g/mol. The summed E-state index contributed by atoms with van der Waals surface area (Å²) >= 11 is 3.12. The van der Waals surface area contributed by atoms with Crippen molar-refractivity contribution in [2.45, 2.75) is 25.1 Å². The second-order valence-corrected chi connectivity index (χ2v) is 6.69. The summed E-state index contributed by atoms with van der Waals surface area (Å²) < 4.78 is 4.60. The van der Waals surface area contributed by atoms with E-state index >= 15 is 0 Å². The standard InChI is InChI=1S/C13H19NO3S2/c1-10(7-13(16)17-3)19-9-12(15)14(2)8-11-5-4-6-18-11/h4-6,10H,7-9H2,1-3H3. The molecule has 0 radical (unpaired) electrons. The average Bonchev–Trinajstić information content (AvgIpc) is 2.88. The van der Waals surface area contributed by atoms with Crippen LogP contribution >= 0.6 is 23.1 Å². The van der Waals surface area contributed by atoms with E-state index < -0.39 is 0 Å². The van der Waals surface area contributed by atoms with Gasteiger partial charge in [0.25, 0.3) is 0 Å². The molecule has 1 aromatic rings.